The Bertz CT molecular complexity index is 563. The summed E-state index contributed by atoms with van der Waals surface area (Å²) >= 11 is 0. The van der Waals surface area contributed by atoms with E-state index >= 15 is 0 Å². The molecule has 1 N–H and O–H groups in total. The van der Waals surface area contributed by atoms with Crippen LogP contribution >= 0.6 is 0 Å². The number of esters is 1. The van der Waals surface area contributed by atoms with Crippen LogP contribution in [0.15, 0.2) is 42.5 Å². The van der Waals surface area contributed by atoms with Crippen molar-refractivity contribution in [3.8, 4) is 0 Å². The maximum absolute atomic E-state index is 11.8. The monoisotopic (exact) mass is 349 g/mol. The van der Waals surface area contributed by atoms with Crippen molar-refractivity contribution in [3.63, 3.8) is 0 Å². The van der Waals surface area contributed by atoms with Gasteiger partial charge in [-0.3, -0.25) is 0 Å². The highest BCUT2D eigenvalue weighted by atomic mass is 16.6. The van der Waals surface area contributed by atoms with E-state index in [1.165, 1.54) is 6.08 Å². The number of hydrogen-bond donors (Lipinski definition) is 1. The Labute approximate surface area is 149 Å². The van der Waals surface area contributed by atoms with E-state index in [2.05, 4.69) is 5.32 Å². The number of hydrogen-bond acceptors (Lipinski definition) is 5. The van der Waals surface area contributed by atoms with Crippen LogP contribution in [0.1, 0.15) is 33.3 Å². The van der Waals surface area contributed by atoms with Gasteiger partial charge in [0.1, 0.15) is 5.60 Å². The van der Waals surface area contributed by atoms with Crippen molar-refractivity contribution < 1.29 is 23.8 Å². The average Bonchev–Trinajstić information content (AvgIpc) is 2.53. The molecule has 0 aliphatic rings. The van der Waals surface area contributed by atoms with Gasteiger partial charge in [0.25, 0.3) is 0 Å². The largest absolute Gasteiger partial charge is 0.463 e. The SMILES string of the molecule is CCOC(=O)/C=C/[C@@H](CNC(=O)OC(C)(C)C)OCc1ccccc1. The number of carbonyl (C=O) groups excluding carboxylic acids is 2. The summed E-state index contributed by atoms with van der Waals surface area (Å²) in [5.41, 5.74) is 0.417. The van der Waals surface area contributed by atoms with Crippen molar-refractivity contribution >= 4 is 12.1 Å². The van der Waals surface area contributed by atoms with Crippen molar-refractivity contribution in [2.24, 2.45) is 0 Å². The van der Waals surface area contributed by atoms with Crippen LogP contribution in [0.25, 0.3) is 0 Å². The van der Waals surface area contributed by atoms with E-state index in [1.807, 2.05) is 30.3 Å². The molecule has 0 aliphatic heterocycles. The zero-order valence-corrected chi connectivity index (χ0v) is 15.3. The van der Waals surface area contributed by atoms with Crippen LogP contribution in [-0.2, 0) is 25.6 Å². The molecular formula is C19H27NO5. The summed E-state index contributed by atoms with van der Waals surface area (Å²) in [6.45, 7) is 7.93. The van der Waals surface area contributed by atoms with Gasteiger partial charge in [-0.05, 0) is 39.3 Å². The quantitative estimate of drug-likeness (QED) is 0.576. The number of benzene rings is 1. The molecule has 0 unspecified atom stereocenters. The third kappa shape index (κ3) is 10.2. The number of nitrogens with one attached hydrogen (secondary N) is 1. The van der Waals surface area contributed by atoms with Crippen LogP contribution in [0, 0.1) is 0 Å². The second kappa shape index (κ2) is 10.5. The lowest BCUT2D eigenvalue weighted by molar-refractivity contribution is -0.137. The third-order valence-electron chi connectivity index (χ3n) is 2.89. The summed E-state index contributed by atoms with van der Waals surface area (Å²) in [4.78, 5) is 23.2. The second-order valence-electron chi connectivity index (χ2n) is 6.33. The number of amides is 1. The van der Waals surface area contributed by atoms with Gasteiger partial charge in [0.2, 0.25) is 0 Å². The first-order valence-electron chi connectivity index (χ1n) is 8.27. The standard InChI is InChI=1S/C19H27NO5/c1-5-23-17(21)12-11-16(13-20-18(22)25-19(2,3)4)24-14-15-9-7-6-8-10-15/h6-12,16H,5,13-14H2,1-4H3,(H,20,22)/b12-11+/t16-/m0/s1. The van der Waals surface area contributed by atoms with E-state index in [1.54, 1.807) is 33.8 Å². The fourth-order valence-electron chi connectivity index (χ4n) is 1.83. The molecule has 1 amide bonds. The molecular weight excluding hydrogens is 322 g/mol. The molecule has 0 bridgehead atoms. The molecule has 0 radical (unpaired) electrons. The van der Waals surface area contributed by atoms with Gasteiger partial charge in [-0.15, -0.1) is 0 Å². The zero-order chi connectivity index (χ0) is 18.7. The van der Waals surface area contributed by atoms with Gasteiger partial charge in [-0.1, -0.05) is 30.3 Å². The first kappa shape index (κ1) is 20.7. The highest BCUT2D eigenvalue weighted by molar-refractivity contribution is 5.82. The molecule has 138 valence electrons. The summed E-state index contributed by atoms with van der Waals surface area (Å²) < 4.78 is 15.8. The minimum atomic E-state index is -0.578. The normalized spacial score (nSPS) is 12.6. The molecule has 1 atom stereocenters. The summed E-state index contributed by atoms with van der Waals surface area (Å²) in [7, 11) is 0. The summed E-state index contributed by atoms with van der Waals surface area (Å²) in [6.07, 6.45) is 1.84. The van der Waals surface area contributed by atoms with Gasteiger partial charge in [0, 0.05) is 6.08 Å². The molecule has 0 aromatic heterocycles. The van der Waals surface area contributed by atoms with E-state index in [0.717, 1.165) is 5.56 Å². The summed E-state index contributed by atoms with van der Waals surface area (Å²) in [5.74, 6) is -0.451. The van der Waals surface area contributed by atoms with Gasteiger partial charge < -0.3 is 19.5 Å². The predicted octanol–water partition coefficient (Wildman–Crippen LogP) is 3.22. The molecule has 1 rings (SSSR count). The molecule has 0 saturated carbocycles. The fourth-order valence-corrected chi connectivity index (χ4v) is 1.83. The zero-order valence-electron chi connectivity index (χ0n) is 15.3. The predicted molar refractivity (Wildman–Crippen MR) is 95.0 cm³/mol. The topological polar surface area (TPSA) is 73.9 Å². The Morgan fingerprint density at radius 2 is 1.88 bits per heavy atom. The number of carbonyl (C=O) groups is 2. The highest BCUT2D eigenvalue weighted by Gasteiger charge is 2.17. The Hall–Kier alpha value is -2.34. The van der Waals surface area contributed by atoms with Crippen molar-refractivity contribution in [2.75, 3.05) is 13.2 Å². The molecule has 0 heterocycles. The number of alkyl carbamates (subject to hydrolysis) is 1. The number of ether oxygens (including phenoxy) is 3. The van der Waals surface area contributed by atoms with Crippen LogP contribution < -0.4 is 5.32 Å². The van der Waals surface area contributed by atoms with Crippen LogP contribution in [-0.4, -0.2) is 36.9 Å². The molecule has 0 saturated heterocycles. The first-order valence-corrected chi connectivity index (χ1v) is 8.27. The minimum absolute atomic E-state index is 0.178. The van der Waals surface area contributed by atoms with Gasteiger partial charge in [0.15, 0.2) is 0 Å². The summed E-state index contributed by atoms with van der Waals surface area (Å²) in [5, 5.41) is 2.64. The van der Waals surface area contributed by atoms with Crippen LogP contribution in [0.3, 0.4) is 0 Å². The smallest absolute Gasteiger partial charge is 0.407 e. The Balaban J connectivity index is 2.60. The molecule has 1 aromatic carbocycles. The van der Waals surface area contributed by atoms with E-state index < -0.39 is 23.8 Å². The van der Waals surface area contributed by atoms with Gasteiger partial charge in [0.05, 0.1) is 25.9 Å². The van der Waals surface area contributed by atoms with Crippen molar-refractivity contribution in [2.45, 2.75) is 46.0 Å². The lowest BCUT2D eigenvalue weighted by Crippen LogP contribution is -2.37. The molecule has 6 nitrogen and oxygen atoms in total. The Morgan fingerprint density at radius 1 is 1.20 bits per heavy atom. The fraction of sp³-hybridized carbons (Fsp3) is 0.474. The third-order valence-corrected chi connectivity index (χ3v) is 2.89. The molecule has 6 heteroatoms. The van der Waals surface area contributed by atoms with E-state index in [0.29, 0.717) is 13.2 Å². The van der Waals surface area contributed by atoms with Crippen LogP contribution in [0.4, 0.5) is 4.79 Å². The van der Waals surface area contributed by atoms with Crippen molar-refractivity contribution in [3.05, 3.63) is 48.0 Å². The molecule has 25 heavy (non-hydrogen) atoms. The van der Waals surface area contributed by atoms with E-state index in [4.69, 9.17) is 14.2 Å². The number of rotatable bonds is 8. The van der Waals surface area contributed by atoms with Crippen LogP contribution in [0.2, 0.25) is 0 Å². The lowest BCUT2D eigenvalue weighted by atomic mass is 10.2. The maximum atomic E-state index is 11.8. The van der Waals surface area contributed by atoms with E-state index in [-0.39, 0.29) is 6.54 Å². The average molecular weight is 349 g/mol. The highest BCUT2D eigenvalue weighted by Crippen LogP contribution is 2.07. The summed E-state index contributed by atoms with van der Waals surface area (Å²) in [6, 6.07) is 9.63. The molecule has 0 aliphatic carbocycles. The molecule has 1 aromatic rings. The van der Waals surface area contributed by atoms with Crippen molar-refractivity contribution in [1.29, 1.82) is 0 Å². The van der Waals surface area contributed by atoms with E-state index in [9.17, 15) is 9.59 Å². The minimum Gasteiger partial charge on any atom is -0.463 e. The lowest BCUT2D eigenvalue weighted by Gasteiger charge is -2.21. The van der Waals surface area contributed by atoms with Gasteiger partial charge in [-0.2, -0.15) is 0 Å². The Morgan fingerprint density at radius 3 is 2.48 bits per heavy atom. The Kier molecular flexibility index (Phi) is 8.70. The van der Waals surface area contributed by atoms with Gasteiger partial charge in [-0.25, -0.2) is 9.59 Å². The maximum Gasteiger partial charge on any atom is 0.407 e. The van der Waals surface area contributed by atoms with Crippen LogP contribution in [0.5, 0.6) is 0 Å². The molecule has 0 fully saturated rings. The second-order valence-corrected chi connectivity index (χ2v) is 6.33. The first-order chi connectivity index (χ1) is 11.8. The van der Waals surface area contributed by atoms with Crippen molar-refractivity contribution in [1.82, 2.24) is 5.32 Å². The molecule has 0 spiro atoms. The van der Waals surface area contributed by atoms with Gasteiger partial charge >= 0.3 is 12.1 Å².